The summed E-state index contributed by atoms with van der Waals surface area (Å²) >= 11 is 22.4. The van der Waals surface area contributed by atoms with E-state index in [1.807, 2.05) is 0 Å². The van der Waals surface area contributed by atoms with Crippen LogP contribution in [0.5, 0.6) is 5.75 Å². The number of thiocarbonyl (C=S) groups is 1. The zero-order valence-electron chi connectivity index (χ0n) is 13.0. The van der Waals surface area contributed by atoms with Crippen molar-refractivity contribution in [2.75, 3.05) is 6.61 Å². The van der Waals surface area contributed by atoms with Gasteiger partial charge in [0.05, 0.1) is 0 Å². The van der Waals surface area contributed by atoms with E-state index in [1.54, 1.807) is 24.3 Å². The molecule has 2 aromatic rings. The molecule has 2 amide bonds. The molecule has 2 rings (SSSR count). The van der Waals surface area contributed by atoms with Crippen LogP contribution in [0.15, 0.2) is 42.5 Å². The van der Waals surface area contributed by atoms with Crippen LogP contribution in [0.2, 0.25) is 15.1 Å². The molecule has 0 fully saturated rings. The number of hydrogen-bond donors (Lipinski definition) is 3. The Kier molecular flexibility index (Phi) is 7.47. The van der Waals surface area contributed by atoms with Gasteiger partial charge in [0.15, 0.2) is 11.7 Å². The highest BCUT2D eigenvalue weighted by atomic mass is 35.5. The van der Waals surface area contributed by atoms with Gasteiger partial charge in [0.2, 0.25) is 0 Å². The average Bonchev–Trinajstić information content (AvgIpc) is 2.58. The van der Waals surface area contributed by atoms with Gasteiger partial charge in [-0.3, -0.25) is 25.8 Å². The number of rotatable bonds is 4. The Morgan fingerprint density at radius 2 is 1.54 bits per heavy atom. The molecular formula is C16H12Cl3N3O3S. The van der Waals surface area contributed by atoms with Crippen molar-refractivity contribution in [3.63, 3.8) is 0 Å². The van der Waals surface area contributed by atoms with Crippen molar-refractivity contribution in [1.29, 1.82) is 0 Å². The molecule has 0 aromatic heterocycles. The monoisotopic (exact) mass is 431 g/mol. The number of hydrazine groups is 1. The number of hydrogen-bond acceptors (Lipinski definition) is 4. The van der Waals surface area contributed by atoms with Crippen LogP contribution in [0.3, 0.4) is 0 Å². The van der Waals surface area contributed by atoms with Crippen LogP contribution in [0, 0.1) is 0 Å². The Morgan fingerprint density at radius 1 is 0.923 bits per heavy atom. The molecule has 0 aliphatic rings. The van der Waals surface area contributed by atoms with Gasteiger partial charge in [0, 0.05) is 20.6 Å². The lowest BCUT2D eigenvalue weighted by molar-refractivity contribution is -0.123. The van der Waals surface area contributed by atoms with Crippen LogP contribution < -0.4 is 20.9 Å². The highest BCUT2D eigenvalue weighted by molar-refractivity contribution is 7.80. The number of benzene rings is 2. The van der Waals surface area contributed by atoms with Crippen molar-refractivity contribution in [3.8, 4) is 5.75 Å². The SMILES string of the molecule is O=C(COc1ccc(Cl)cc1)NNC(=S)NC(=O)c1cc(Cl)cc(Cl)c1. The second-order valence-corrected chi connectivity index (χ2v) is 6.57. The predicted octanol–water partition coefficient (Wildman–Crippen LogP) is 3.36. The smallest absolute Gasteiger partial charge is 0.276 e. The first-order valence-electron chi connectivity index (χ1n) is 7.08. The fraction of sp³-hybridized carbons (Fsp3) is 0.0625. The third-order valence-electron chi connectivity index (χ3n) is 2.85. The molecule has 3 N–H and O–H groups in total. The fourth-order valence-electron chi connectivity index (χ4n) is 1.73. The second-order valence-electron chi connectivity index (χ2n) is 4.86. The van der Waals surface area contributed by atoms with Crippen molar-refractivity contribution in [1.82, 2.24) is 16.2 Å². The lowest BCUT2D eigenvalue weighted by Crippen LogP contribution is -2.49. The number of carbonyl (C=O) groups excluding carboxylic acids is 2. The molecule has 0 aliphatic heterocycles. The van der Waals surface area contributed by atoms with E-state index >= 15 is 0 Å². The molecule has 0 radical (unpaired) electrons. The first-order chi connectivity index (χ1) is 12.3. The van der Waals surface area contributed by atoms with Gasteiger partial charge in [0.1, 0.15) is 5.75 Å². The molecule has 6 nitrogen and oxygen atoms in total. The summed E-state index contributed by atoms with van der Waals surface area (Å²) in [6, 6.07) is 10.9. The maximum absolute atomic E-state index is 12.0. The van der Waals surface area contributed by atoms with Gasteiger partial charge in [-0.1, -0.05) is 34.8 Å². The summed E-state index contributed by atoms with van der Waals surface area (Å²) in [5.41, 5.74) is 4.91. The Balaban J connectivity index is 1.76. The third kappa shape index (κ3) is 6.68. The lowest BCUT2D eigenvalue weighted by Gasteiger charge is -2.11. The number of ether oxygens (including phenoxy) is 1. The summed E-state index contributed by atoms with van der Waals surface area (Å²) < 4.78 is 5.26. The second kappa shape index (κ2) is 9.59. The fourth-order valence-corrected chi connectivity index (χ4v) is 2.53. The number of halogens is 3. The lowest BCUT2D eigenvalue weighted by atomic mass is 10.2. The van der Waals surface area contributed by atoms with Gasteiger partial charge in [0.25, 0.3) is 11.8 Å². The standard InChI is InChI=1S/C16H12Cl3N3O3S/c17-10-1-3-13(4-2-10)25-8-14(23)21-22-16(26)20-15(24)9-5-11(18)7-12(19)6-9/h1-7H,8H2,(H,21,23)(H2,20,22,24,26). The Morgan fingerprint density at radius 3 is 2.15 bits per heavy atom. The number of nitrogens with one attached hydrogen (secondary N) is 3. The van der Waals surface area contributed by atoms with Gasteiger partial charge in [-0.05, 0) is 54.7 Å². The summed E-state index contributed by atoms with van der Waals surface area (Å²) in [6.07, 6.45) is 0. The minimum Gasteiger partial charge on any atom is -0.484 e. The van der Waals surface area contributed by atoms with Crippen LogP contribution in [-0.4, -0.2) is 23.5 Å². The molecule has 0 heterocycles. The minimum atomic E-state index is -0.529. The number of carbonyl (C=O) groups is 2. The van der Waals surface area contributed by atoms with E-state index in [-0.39, 0.29) is 17.3 Å². The Bertz CT molecular complexity index is 811. The van der Waals surface area contributed by atoms with Gasteiger partial charge in [-0.15, -0.1) is 0 Å². The van der Waals surface area contributed by atoms with Crippen molar-refractivity contribution in [2.45, 2.75) is 0 Å². The predicted molar refractivity (Wildman–Crippen MR) is 105 cm³/mol. The van der Waals surface area contributed by atoms with Crippen LogP contribution in [0.4, 0.5) is 0 Å². The van der Waals surface area contributed by atoms with E-state index in [1.165, 1.54) is 18.2 Å². The zero-order chi connectivity index (χ0) is 19.1. The molecule has 136 valence electrons. The first kappa shape index (κ1) is 20.3. The summed E-state index contributed by atoms with van der Waals surface area (Å²) in [5, 5.41) is 3.46. The van der Waals surface area contributed by atoms with Gasteiger partial charge >= 0.3 is 0 Å². The van der Waals surface area contributed by atoms with Crippen molar-refractivity contribution in [2.24, 2.45) is 0 Å². The van der Waals surface area contributed by atoms with Gasteiger partial charge in [-0.25, -0.2) is 0 Å². The average molecular weight is 433 g/mol. The van der Waals surface area contributed by atoms with E-state index in [0.29, 0.717) is 20.8 Å². The van der Waals surface area contributed by atoms with Crippen molar-refractivity contribution < 1.29 is 14.3 Å². The van der Waals surface area contributed by atoms with Gasteiger partial charge in [-0.2, -0.15) is 0 Å². The quantitative estimate of drug-likeness (QED) is 0.510. The summed E-state index contributed by atoms with van der Waals surface area (Å²) in [5.74, 6) is -0.542. The normalized spacial score (nSPS) is 9.96. The Labute approximate surface area is 169 Å². The molecule has 10 heteroatoms. The zero-order valence-corrected chi connectivity index (χ0v) is 16.1. The van der Waals surface area contributed by atoms with Crippen LogP contribution >= 0.6 is 47.0 Å². The van der Waals surface area contributed by atoms with E-state index in [9.17, 15) is 9.59 Å². The molecule has 2 aromatic carbocycles. The van der Waals surface area contributed by atoms with E-state index in [4.69, 9.17) is 51.8 Å². The van der Waals surface area contributed by atoms with Crippen LogP contribution in [0.25, 0.3) is 0 Å². The van der Waals surface area contributed by atoms with Crippen LogP contribution in [-0.2, 0) is 4.79 Å². The summed E-state index contributed by atoms with van der Waals surface area (Å²) in [7, 11) is 0. The summed E-state index contributed by atoms with van der Waals surface area (Å²) in [4.78, 5) is 23.7. The molecular weight excluding hydrogens is 421 g/mol. The molecule has 0 saturated heterocycles. The topological polar surface area (TPSA) is 79.5 Å². The van der Waals surface area contributed by atoms with Gasteiger partial charge < -0.3 is 4.74 Å². The molecule has 0 atom stereocenters. The highest BCUT2D eigenvalue weighted by Crippen LogP contribution is 2.19. The molecule has 0 aliphatic carbocycles. The maximum Gasteiger partial charge on any atom is 0.276 e. The first-order valence-corrected chi connectivity index (χ1v) is 8.62. The molecule has 0 spiro atoms. The largest absolute Gasteiger partial charge is 0.484 e. The minimum absolute atomic E-state index is 0.106. The Hall–Kier alpha value is -2.06. The van der Waals surface area contributed by atoms with E-state index in [2.05, 4.69) is 16.2 Å². The maximum atomic E-state index is 12.0. The van der Waals surface area contributed by atoms with Crippen molar-refractivity contribution >= 4 is 63.9 Å². The molecule has 0 unspecified atom stereocenters. The molecule has 0 bridgehead atoms. The summed E-state index contributed by atoms with van der Waals surface area (Å²) in [6.45, 7) is -0.255. The van der Waals surface area contributed by atoms with E-state index < -0.39 is 11.8 Å². The van der Waals surface area contributed by atoms with Crippen LogP contribution in [0.1, 0.15) is 10.4 Å². The molecule has 0 saturated carbocycles. The van der Waals surface area contributed by atoms with Crippen molar-refractivity contribution in [3.05, 3.63) is 63.1 Å². The number of amides is 2. The highest BCUT2D eigenvalue weighted by Gasteiger charge is 2.10. The van der Waals surface area contributed by atoms with E-state index in [0.717, 1.165) is 0 Å². The molecule has 26 heavy (non-hydrogen) atoms. The third-order valence-corrected chi connectivity index (χ3v) is 3.74.